The minimum absolute atomic E-state index is 0.276. The summed E-state index contributed by atoms with van der Waals surface area (Å²) in [6, 6.07) is 13.1. The first-order valence-corrected chi connectivity index (χ1v) is 7.20. The molecule has 0 saturated heterocycles. The number of carbonyl (C=O) groups excluding carboxylic acids is 2. The maximum atomic E-state index is 12.1. The van der Waals surface area contributed by atoms with E-state index < -0.39 is 18.4 Å². The molecule has 0 radical (unpaired) electrons. The van der Waals surface area contributed by atoms with E-state index in [0.29, 0.717) is 23.4 Å². The normalized spacial score (nSPS) is 10.0. The number of rotatable bonds is 6. The fraction of sp³-hybridized carbons (Fsp3) is 0.118. The smallest absolute Gasteiger partial charge is 0.322 e. The van der Waals surface area contributed by atoms with Gasteiger partial charge in [-0.05, 0) is 42.0 Å². The zero-order valence-corrected chi connectivity index (χ0v) is 12.8. The summed E-state index contributed by atoms with van der Waals surface area (Å²) in [4.78, 5) is 34.2. The van der Waals surface area contributed by atoms with Gasteiger partial charge in [0.2, 0.25) is 0 Å². The third kappa shape index (κ3) is 4.65. The quantitative estimate of drug-likeness (QED) is 0.635. The lowest BCUT2D eigenvalue weighted by Crippen LogP contribution is -2.29. The summed E-state index contributed by atoms with van der Waals surface area (Å²) in [5.74, 6) is -1.89. The molecule has 5 N–H and O–H groups in total. The zero-order valence-electron chi connectivity index (χ0n) is 12.8. The molecule has 0 unspecified atom stereocenters. The van der Waals surface area contributed by atoms with Crippen molar-refractivity contribution >= 4 is 23.5 Å². The predicted molar refractivity (Wildman–Crippen MR) is 88.7 cm³/mol. The fourth-order valence-electron chi connectivity index (χ4n) is 1.96. The van der Waals surface area contributed by atoms with E-state index in [-0.39, 0.29) is 5.91 Å². The highest BCUT2D eigenvalue weighted by Crippen LogP contribution is 2.12. The number of aliphatic carboxylic acids is 1. The average Bonchev–Trinajstić information content (AvgIpc) is 2.60. The molecule has 0 atom stereocenters. The van der Waals surface area contributed by atoms with Gasteiger partial charge in [-0.25, -0.2) is 0 Å². The van der Waals surface area contributed by atoms with Crippen molar-refractivity contribution in [1.82, 2.24) is 5.32 Å². The summed E-state index contributed by atoms with van der Waals surface area (Å²) < 4.78 is 0. The third-order valence-electron chi connectivity index (χ3n) is 3.26. The van der Waals surface area contributed by atoms with Crippen LogP contribution in [0, 0.1) is 0 Å². The Morgan fingerprint density at radius 3 is 1.96 bits per heavy atom. The summed E-state index contributed by atoms with van der Waals surface area (Å²) in [7, 11) is 0. The van der Waals surface area contributed by atoms with Crippen molar-refractivity contribution in [3.05, 3.63) is 65.2 Å². The molecule has 2 aromatic rings. The van der Waals surface area contributed by atoms with E-state index in [2.05, 4.69) is 10.6 Å². The van der Waals surface area contributed by atoms with Gasteiger partial charge in [-0.2, -0.15) is 0 Å². The summed E-state index contributed by atoms with van der Waals surface area (Å²) in [6.45, 7) is -0.0383. The van der Waals surface area contributed by atoms with Crippen LogP contribution in [0.4, 0.5) is 5.69 Å². The molecular weight excluding hydrogens is 310 g/mol. The molecule has 124 valence electrons. The molecule has 0 aromatic heterocycles. The van der Waals surface area contributed by atoms with Crippen molar-refractivity contribution in [2.75, 3.05) is 11.9 Å². The summed E-state index contributed by atoms with van der Waals surface area (Å²) in [5.41, 5.74) is 7.77. The van der Waals surface area contributed by atoms with Crippen molar-refractivity contribution in [2.24, 2.45) is 5.73 Å². The molecule has 0 heterocycles. The molecule has 0 spiro atoms. The van der Waals surface area contributed by atoms with Gasteiger partial charge in [-0.15, -0.1) is 0 Å². The van der Waals surface area contributed by atoms with Crippen LogP contribution in [0.25, 0.3) is 0 Å². The Kier molecular flexibility index (Phi) is 5.64. The fourth-order valence-corrected chi connectivity index (χ4v) is 1.96. The highest BCUT2D eigenvalue weighted by atomic mass is 16.4. The number of nitrogens with one attached hydrogen (secondary N) is 2. The van der Waals surface area contributed by atoms with Crippen molar-refractivity contribution < 1.29 is 19.5 Å². The van der Waals surface area contributed by atoms with E-state index in [0.717, 1.165) is 5.56 Å². The molecule has 2 amide bonds. The van der Waals surface area contributed by atoms with Gasteiger partial charge in [-0.1, -0.05) is 12.1 Å². The number of nitrogens with two attached hydrogens (primary N) is 1. The topological polar surface area (TPSA) is 122 Å². The van der Waals surface area contributed by atoms with E-state index >= 15 is 0 Å². The Labute approximate surface area is 138 Å². The number of carboxylic acids is 1. The van der Waals surface area contributed by atoms with Crippen LogP contribution in [0.3, 0.4) is 0 Å². The standard InChI is InChI=1S/C17H17N3O4/c18-9-11-1-3-13(4-2-11)17(24)20-14-7-5-12(6-8-14)16(23)19-10-15(21)22/h1-8H,9-10,18H2,(H,19,23)(H,20,24)(H,21,22). The summed E-state index contributed by atoms with van der Waals surface area (Å²) >= 11 is 0. The first kappa shape index (κ1) is 17.2. The number of benzene rings is 2. The van der Waals surface area contributed by atoms with Crippen LogP contribution in [0.1, 0.15) is 26.3 Å². The number of anilines is 1. The largest absolute Gasteiger partial charge is 0.480 e. The van der Waals surface area contributed by atoms with Crippen LogP contribution in [-0.2, 0) is 11.3 Å². The molecule has 0 saturated carbocycles. The number of carboxylic acid groups (broad SMARTS) is 1. The second kappa shape index (κ2) is 7.89. The van der Waals surface area contributed by atoms with Crippen LogP contribution >= 0.6 is 0 Å². The Hall–Kier alpha value is -3.19. The minimum atomic E-state index is -1.12. The second-order valence-electron chi connectivity index (χ2n) is 5.01. The first-order chi connectivity index (χ1) is 11.5. The second-order valence-corrected chi connectivity index (χ2v) is 5.01. The number of hydrogen-bond acceptors (Lipinski definition) is 4. The minimum Gasteiger partial charge on any atom is -0.480 e. The van der Waals surface area contributed by atoms with Gasteiger partial charge in [0, 0.05) is 23.4 Å². The monoisotopic (exact) mass is 327 g/mol. The van der Waals surface area contributed by atoms with E-state index in [1.54, 1.807) is 36.4 Å². The molecule has 0 fully saturated rings. The van der Waals surface area contributed by atoms with Crippen molar-refractivity contribution in [1.29, 1.82) is 0 Å². The lowest BCUT2D eigenvalue weighted by atomic mass is 10.1. The predicted octanol–water partition coefficient (Wildman–Crippen LogP) is 1.21. The Balaban J connectivity index is 1.98. The van der Waals surface area contributed by atoms with Crippen molar-refractivity contribution in [3.63, 3.8) is 0 Å². The highest BCUT2D eigenvalue weighted by molar-refractivity contribution is 6.04. The average molecular weight is 327 g/mol. The maximum absolute atomic E-state index is 12.1. The molecule has 7 nitrogen and oxygen atoms in total. The van der Waals surface area contributed by atoms with Crippen molar-refractivity contribution in [2.45, 2.75) is 6.54 Å². The Morgan fingerprint density at radius 1 is 0.875 bits per heavy atom. The van der Waals surface area contributed by atoms with E-state index in [4.69, 9.17) is 10.8 Å². The van der Waals surface area contributed by atoms with Gasteiger partial charge in [0.15, 0.2) is 0 Å². The molecule has 0 aliphatic rings. The summed E-state index contributed by atoms with van der Waals surface area (Å²) in [5, 5.41) is 13.5. The molecule has 0 aliphatic carbocycles. The van der Waals surface area contributed by atoms with Gasteiger partial charge in [0.05, 0.1) is 0 Å². The van der Waals surface area contributed by atoms with Gasteiger partial charge in [0.25, 0.3) is 11.8 Å². The number of amides is 2. The highest BCUT2D eigenvalue weighted by Gasteiger charge is 2.09. The third-order valence-corrected chi connectivity index (χ3v) is 3.26. The van der Waals surface area contributed by atoms with Crippen molar-refractivity contribution in [3.8, 4) is 0 Å². The first-order valence-electron chi connectivity index (χ1n) is 7.20. The SMILES string of the molecule is NCc1ccc(C(=O)Nc2ccc(C(=O)NCC(=O)O)cc2)cc1. The van der Waals surface area contributed by atoms with Gasteiger partial charge >= 0.3 is 5.97 Å². The molecule has 7 heteroatoms. The van der Waals surface area contributed by atoms with Gasteiger partial charge < -0.3 is 21.5 Å². The van der Waals surface area contributed by atoms with Gasteiger partial charge in [-0.3, -0.25) is 14.4 Å². The lowest BCUT2D eigenvalue weighted by molar-refractivity contribution is -0.135. The molecule has 24 heavy (non-hydrogen) atoms. The number of carbonyl (C=O) groups is 3. The molecule has 0 bridgehead atoms. The zero-order chi connectivity index (χ0) is 17.5. The summed E-state index contributed by atoms with van der Waals surface area (Å²) in [6.07, 6.45) is 0. The maximum Gasteiger partial charge on any atom is 0.322 e. The molecular formula is C17H17N3O4. The lowest BCUT2D eigenvalue weighted by Gasteiger charge is -2.07. The van der Waals surface area contributed by atoms with Crippen LogP contribution in [0.2, 0.25) is 0 Å². The van der Waals surface area contributed by atoms with E-state index in [1.165, 1.54) is 12.1 Å². The van der Waals surface area contributed by atoms with Gasteiger partial charge in [0.1, 0.15) is 6.54 Å². The Bertz CT molecular complexity index is 739. The van der Waals surface area contributed by atoms with E-state index in [1.807, 2.05) is 0 Å². The number of hydrogen-bond donors (Lipinski definition) is 4. The van der Waals surface area contributed by atoms with E-state index in [9.17, 15) is 14.4 Å². The van der Waals surface area contributed by atoms with Crippen LogP contribution < -0.4 is 16.4 Å². The van der Waals surface area contributed by atoms with Crippen LogP contribution in [0.5, 0.6) is 0 Å². The van der Waals surface area contributed by atoms with Crippen LogP contribution in [0.15, 0.2) is 48.5 Å². The molecule has 0 aliphatic heterocycles. The van der Waals surface area contributed by atoms with Crippen LogP contribution in [-0.4, -0.2) is 29.4 Å². The molecule has 2 aromatic carbocycles. The Morgan fingerprint density at radius 2 is 1.42 bits per heavy atom. The molecule has 2 rings (SSSR count).